The molecule has 35 heavy (non-hydrogen) atoms. The Hall–Kier alpha value is -2.14. The van der Waals surface area contributed by atoms with Crippen molar-refractivity contribution in [2.75, 3.05) is 0 Å². The lowest BCUT2D eigenvalue weighted by atomic mass is 9.91. The number of halogens is 18. The molecule has 0 amide bonds. The van der Waals surface area contributed by atoms with Crippen molar-refractivity contribution in [1.29, 1.82) is 0 Å². The smallest absolute Gasteiger partial charge is 0.430 e. The summed E-state index contributed by atoms with van der Waals surface area (Å²) in [6.07, 6.45) is -7.78. The maximum atomic E-state index is 13.6. The molecule has 1 aromatic rings. The summed E-state index contributed by atoms with van der Waals surface area (Å²) in [5, 5.41) is 0. The number of ether oxygens (including phenoxy) is 1. The predicted octanol–water partition coefficient (Wildman–Crippen LogP) is 8.29. The van der Waals surface area contributed by atoms with E-state index in [9.17, 15) is 74.6 Å². The van der Waals surface area contributed by atoms with Gasteiger partial charge in [0.1, 0.15) is 5.75 Å². The average Bonchev–Trinajstić information content (AvgIpc) is 2.71. The minimum atomic E-state index is -8.62. The molecular weight excluding hydrogens is 567 g/mol. The van der Waals surface area contributed by atoms with E-state index in [1.807, 2.05) is 0 Å². The molecule has 1 nitrogen and oxygen atoms in total. The highest BCUT2D eigenvalue weighted by Gasteiger charge is 2.93. The second-order valence-corrected chi connectivity index (χ2v) is 6.68. The van der Waals surface area contributed by atoms with E-state index in [0.29, 0.717) is 12.1 Å². The van der Waals surface area contributed by atoms with Crippen LogP contribution in [0.25, 0.3) is 0 Å². The summed E-state index contributed by atoms with van der Waals surface area (Å²) < 4.78 is 226. The quantitative estimate of drug-likeness (QED) is 0.164. The summed E-state index contributed by atoms with van der Waals surface area (Å²) in [6.45, 7) is 0. The molecule has 0 heterocycles. The molecule has 0 saturated heterocycles. The first-order valence-electron chi connectivity index (χ1n) is 8.06. The van der Waals surface area contributed by atoms with Gasteiger partial charge in [-0.25, -0.2) is 0 Å². The lowest BCUT2D eigenvalue weighted by Gasteiger charge is -2.41. The molecule has 1 aromatic carbocycles. The van der Waals surface area contributed by atoms with Gasteiger partial charge in [-0.3, -0.25) is 0 Å². The van der Waals surface area contributed by atoms with Gasteiger partial charge in [-0.15, -0.1) is 11.6 Å². The highest BCUT2D eigenvalue weighted by molar-refractivity contribution is 6.17. The minimum Gasteiger partial charge on any atom is -0.430 e. The van der Waals surface area contributed by atoms with Crippen LogP contribution in [0.5, 0.6) is 5.75 Å². The molecule has 1 rings (SSSR count). The zero-order valence-electron chi connectivity index (χ0n) is 15.7. The van der Waals surface area contributed by atoms with Crippen molar-refractivity contribution in [3.63, 3.8) is 0 Å². The van der Waals surface area contributed by atoms with Crippen LogP contribution in [-0.2, 0) is 5.88 Å². The highest BCUT2D eigenvalue weighted by atomic mass is 35.5. The third-order valence-corrected chi connectivity index (χ3v) is 4.37. The van der Waals surface area contributed by atoms with E-state index in [1.54, 1.807) is 0 Å². The van der Waals surface area contributed by atoms with Crippen molar-refractivity contribution in [2.24, 2.45) is 0 Å². The SMILES string of the molecule is FC(Oc1ccc(CCl)cc1)=C(F)C(F)(F)C(F)(F)C(F)(F)C(F)(F)C(F)(F)C(F)(F)C(F)(F)F. The Balaban J connectivity index is 3.54. The van der Waals surface area contributed by atoms with Crippen molar-refractivity contribution >= 4 is 11.6 Å². The van der Waals surface area contributed by atoms with E-state index in [-0.39, 0.29) is 11.4 Å². The lowest BCUT2D eigenvalue weighted by molar-refractivity contribution is -0.451. The molecule has 19 heteroatoms. The van der Waals surface area contributed by atoms with Gasteiger partial charge in [-0.05, 0) is 17.7 Å². The molecule has 0 fully saturated rings. The minimum absolute atomic E-state index is 0.210. The van der Waals surface area contributed by atoms with Crippen molar-refractivity contribution in [1.82, 2.24) is 0 Å². The summed E-state index contributed by atoms with van der Waals surface area (Å²) in [6, 6.07) is -0.400. The second-order valence-electron chi connectivity index (χ2n) is 6.41. The van der Waals surface area contributed by atoms with E-state index >= 15 is 0 Å². The van der Waals surface area contributed by atoms with Gasteiger partial charge in [0.05, 0.1) is 0 Å². The molecule has 0 aliphatic heterocycles. The van der Waals surface area contributed by atoms with Crippen molar-refractivity contribution in [2.45, 2.75) is 47.6 Å². The monoisotopic (exact) mass is 572 g/mol. The zero-order valence-corrected chi connectivity index (χ0v) is 16.5. The van der Waals surface area contributed by atoms with Gasteiger partial charge in [0.15, 0.2) is 0 Å². The lowest BCUT2D eigenvalue weighted by Crippen LogP contribution is -2.72. The third kappa shape index (κ3) is 4.69. The number of alkyl halides is 16. The second kappa shape index (κ2) is 9.06. The molecular formula is C16H6ClF17O. The van der Waals surface area contributed by atoms with Crippen LogP contribution in [0.3, 0.4) is 0 Å². The summed E-state index contributed by atoms with van der Waals surface area (Å²) >= 11 is 5.35. The van der Waals surface area contributed by atoms with Crippen molar-refractivity contribution in [3.8, 4) is 5.75 Å². The molecule has 0 N–H and O–H groups in total. The fourth-order valence-corrected chi connectivity index (χ4v) is 2.20. The summed E-state index contributed by atoms with van der Waals surface area (Å²) in [7, 11) is 0. The van der Waals surface area contributed by atoms with E-state index < -0.39 is 59.3 Å². The summed E-state index contributed by atoms with van der Waals surface area (Å²) in [4.78, 5) is 0. The van der Waals surface area contributed by atoms with E-state index in [0.717, 1.165) is 12.1 Å². The van der Waals surface area contributed by atoms with Crippen LogP contribution in [0.1, 0.15) is 5.56 Å². The number of allylic oxidation sites excluding steroid dienone is 1. The standard InChI is InChI=1S/C16H6ClF17O/c17-5-6-1-3-7(4-2-6)35-9(19)8(18)10(20,21)11(22,23)12(24,25)13(26,27)14(28,29)15(30,31)16(32,33)34/h1-4H,5H2. The van der Waals surface area contributed by atoms with Crippen LogP contribution < -0.4 is 4.74 Å². The van der Waals surface area contributed by atoms with Gasteiger partial charge in [0, 0.05) is 5.88 Å². The first kappa shape index (κ1) is 30.9. The topological polar surface area (TPSA) is 9.23 Å². The first-order valence-corrected chi connectivity index (χ1v) is 8.60. The zero-order chi connectivity index (χ0) is 28.1. The maximum Gasteiger partial charge on any atom is 0.460 e. The number of rotatable bonds is 9. The fourth-order valence-electron chi connectivity index (χ4n) is 2.02. The van der Waals surface area contributed by atoms with Crippen LogP contribution in [0.2, 0.25) is 0 Å². The van der Waals surface area contributed by atoms with Crippen molar-refractivity contribution < 1.29 is 79.4 Å². The normalized spacial score (nSPS) is 15.7. The van der Waals surface area contributed by atoms with E-state index in [4.69, 9.17) is 11.6 Å². The maximum absolute atomic E-state index is 13.6. The number of benzene rings is 1. The molecule has 0 aromatic heterocycles. The molecule has 0 aliphatic carbocycles. The summed E-state index contributed by atoms with van der Waals surface area (Å²) in [5.74, 6) is -55.3. The van der Waals surface area contributed by atoms with E-state index in [1.165, 1.54) is 0 Å². The molecule has 0 atom stereocenters. The van der Waals surface area contributed by atoms with Crippen LogP contribution in [0, 0.1) is 0 Å². The molecule has 0 radical (unpaired) electrons. The Bertz CT molecular complexity index is 932. The Morgan fingerprint density at radius 2 is 0.971 bits per heavy atom. The van der Waals surface area contributed by atoms with Crippen molar-refractivity contribution in [3.05, 3.63) is 41.7 Å². The van der Waals surface area contributed by atoms with E-state index in [2.05, 4.69) is 4.74 Å². The molecule has 0 bridgehead atoms. The largest absolute Gasteiger partial charge is 0.460 e. The first-order chi connectivity index (χ1) is 15.3. The average molecular weight is 573 g/mol. The Labute approximate surface area is 187 Å². The number of hydrogen-bond donors (Lipinski definition) is 0. The molecule has 0 saturated carbocycles. The Morgan fingerprint density at radius 3 is 1.34 bits per heavy atom. The molecule has 202 valence electrons. The van der Waals surface area contributed by atoms with Gasteiger partial charge in [0.25, 0.3) is 0 Å². The van der Waals surface area contributed by atoms with Crippen LogP contribution >= 0.6 is 11.6 Å². The predicted molar refractivity (Wildman–Crippen MR) is 81.6 cm³/mol. The van der Waals surface area contributed by atoms with Gasteiger partial charge >= 0.3 is 47.7 Å². The van der Waals surface area contributed by atoms with Crippen LogP contribution in [-0.4, -0.2) is 41.7 Å². The number of hydrogen-bond acceptors (Lipinski definition) is 1. The van der Waals surface area contributed by atoms with Crippen LogP contribution in [0.4, 0.5) is 74.6 Å². The fraction of sp³-hybridized carbons (Fsp3) is 0.500. The Kier molecular flexibility index (Phi) is 8.00. The van der Waals surface area contributed by atoms with Gasteiger partial charge < -0.3 is 4.74 Å². The van der Waals surface area contributed by atoms with Gasteiger partial charge in [0.2, 0.25) is 5.83 Å². The van der Waals surface area contributed by atoms with Gasteiger partial charge in [-0.1, -0.05) is 12.1 Å². The molecule has 0 spiro atoms. The summed E-state index contributed by atoms with van der Waals surface area (Å²) in [5.41, 5.74) is 0.221. The Morgan fingerprint density at radius 1 is 0.600 bits per heavy atom. The molecule has 0 unspecified atom stereocenters. The van der Waals surface area contributed by atoms with Gasteiger partial charge in [-0.2, -0.15) is 74.6 Å². The highest BCUT2D eigenvalue weighted by Crippen LogP contribution is 2.63. The van der Waals surface area contributed by atoms with Crippen LogP contribution in [0.15, 0.2) is 36.1 Å². The molecule has 0 aliphatic rings. The third-order valence-electron chi connectivity index (χ3n) is 4.06.